The van der Waals surface area contributed by atoms with Crippen LogP contribution in [0.5, 0.6) is 11.5 Å². The zero-order valence-electron chi connectivity index (χ0n) is 27.9. The predicted octanol–water partition coefficient (Wildman–Crippen LogP) is 5.28. The number of nitrogens with one attached hydrogen (secondary N) is 1. The van der Waals surface area contributed by atoms with E-state index in [9.17, 15) is 21.9 Å². The SMILES string of the molecule is CCN(CC)C1=CC=C2C(Oc3cc(N(CC)CC)ccc3C23OS(=O)(=O)c2cc(S(=O)(=O)NCCc4ccc(O)cc4)ccc23)C1C. The lowest BCUT2D eigenvalue weighted by Gasteiger charge is -2.46. The minimum absolute atomic E-state index is 0.0879. The minimum Gasteiger partial charge on any atom is -0.508 e. The van der Waals surface area contributed by atoms with Gasteiger partial charge in [0, 0.05) is 72.8 Å². The Bertz CT molecular complexity index is 1980. The van der Waals surface area contributed by atoms with Gasteiger partial charge in [0.05, 0.1) is 4.90 Å². The maximum absolute atomic E-state index is 14.0. The van der Waals surface area contributed by atoms with Crippen LogP contribution in [0.4, 0.5) is 5.69 Å². The van der Waals surface area contributed by atoms with Crippen LogP contribution in [0.25, 0.3) is 0 Å². The summed E-state index contributed by atoms with van der Waals surface area (Å²) in [4.78, 5) is 4.10. The van der Waals surface area contributed by atoms with Gasteiger partial charge in [-0.25, -0.2) is 17.3 Å². The Morgan fingerprint density at radius 2 is 1.54 bits per heavy atom. The summed E-state index contributed by atoms with van der Waals surface area (Å²) in [7, 11) is -8.47. The maximum Gasteiger partial charge on any atom is 0.298 e. The second kappa shape index (κ2) is 12.9. The Labute approximate surface area is 283 Å². The van der Waals surface area contributed by atoms with E-state index in [0.717, 1.165) is 43.1 Å². The summed E-state index contributed by atoms with van der Waals surface area (Å²) >= 11 is 0. The number of hydrogen-bond acceptors (Lipinski definition) is 9. The van der Waals surface area contributed by atoms with Gasteiger partial charge in [0.1, 0.15) is 22.5 Å². The Kier molecular flexibility index (Phi) is 9.14. The number of rotatable bonds is 11. The molecule has 0 aromatic heterocycles. The van der Waals surface area contributed by atoms with Crippen molar-refractivity contribution in [2.24, 2.45) is 5.92 Å². The van der Waals surface area contributed by atoms with E-state index >= 15 is 0 Å². The van der Waals surface area contributed by atoms with Crippen LogP contribution in [0, 0.1) is 5.92 Å². The number of fused-ring (bicyclic) bond motifs is 6. The van der Waals surface area contributed by atoms with Gasteiger partial charge >= 0.3 is 0 Å². The maximum atomic E-state index is 14.0. The highest BCUT2D eigenvalue weighted by Gasteiger charge is 2.59. The summed E-state index contributed by atoms with van der Waals surface area (Å²) in [6.07, 6.45) is 3.79. The van der Waals surface area contributed by atoms with Crippen LogP contribution in [0.1, 0.15) is 51.3 Å². The van der Waals surface area contributed by atoms with Gasteiger partial charge in [-0.2, -0.15) is 8.42 Å². The number of sulfonamides is 1. The smallest absolute Gasteiger partial charge is 0.298 e. The van der Waals surface area contributed by atoms with Gasteiger partial charge in [-0.3, -0.25) is 0 Å². The quantitative estimate of drug-likeness (QED) is 0.258. The third kappa shape index (κ3) is 5.68. The van der Waals surface area contributed by atoms with Crippen molar-refractivity contribution in [2.75, 3.05) is 37.6 Å². The van der Waals surface area contributed by atoms with Crippen molar-refractivity contribution in [1.82, 2.24) is 9.62 Å². The fourth-order valence-electron chi connectivity index (χ4n) is 7.18. The van der Waals surface area contributed by atoms with Gasteiger partial charge < -0.3 is 19.6 Å². The van der Waals surface area contributed by atoms with Crippen LogP contribution in [0.2, 0.25) is 0 Å². The molecule has 48 heavy (non-hydrogen) atoms. The summed E-state index contributed by atoms with van der Waals surface area (Å²) in [5.41, 5.74) is 2.90. The Hall–Kier alpha value is -3.84. The summed E-state index contributed by atoms with van der Waals surface area (Å²) in [5, 5.41) is 9.52. The molecule has 3 aromatic rings. The molecule has 0 amide bonds. The Morgan fingerprint density at radius 3 is 2.21 bits per heavy atom. The van der Waals surface area contributed by atoms with E-state index in [1.807, 2.05) is 30.4 Å². The predicted molar refractivity (Wildman–Crippen MR) is 185 cm³/mol. The average molecular weight is 694 g/mol. The summed E-state index contributed by atoms with van der Waals surface area (Å²) in [5.74, 6) is 0.532. The number of benzene rings is 3. The molecule has 3 unspecified atom stereocenters. The molecule has 0 saturated carbocycles. The first-order valence-electron chi connectivity index (χ1n) is 16.5. The normalized spacial score (nSPS) is 22.2. The second-order valence-corrected chi connectivity index (χ2v) is 15.5. The van der Waals surface area contributed by atoms with E-state index in [2.05, 4.69) is 49.1 Å². The van der Waals surface area contributed by atoms with Gasteiger partial charge in [-0.15, -0.1) is 0 Å². The molecule has 256 valence electrons. The molecule has 6 rings (SSSR count). The van der Waals surface area contributed by atoms with Crippen molar-refractivity contribution >= 4 is 25.8 Å². The zero-order chi connectivity index (χ0) is 34.4. The van der Waals surface area contributed by atoms with E-state index in [0.29, 0.717) is 28.9 Å². The second-order valence-electron chi connectivity index (χ2n) is 12.3. The summed E-state index contributed by atoms with van der Waals surface area (Å²) in [6, 6.07) is 16.5. The van der Waals surface area contributed by atoms with Crippen molar-refractivity contribution in [3.8, 4) is 11.5 Å². The van der Waals surface area contributed by atoms with E-state index in [1.54, 1.807) is 18.2 Å². The molecule has 10 nitrogen and oxygen atoms in total. The number of nitrogens with zero attached hydrogens (tertiary/aromatic N) is 2. The standard InChI is InChI=1S/C36H43N3O7S2/c1-6-38(7-2)26-12-16-29-33(22-26)45-35-24(5)32(39(8-3)9-4)19-18-31(35)36(29)30-17-15-28(23-34(30)48(43,44)46-36)47(41,42)37-21-20-25-10-13-27(40)14-11-25/h10-19,22-24,35,37,40H,6-9,20-21H2,1-5H3. The zero-order valence-corrected chi connectivity index (χ0v) is 29.6. The number of anilines is 1. The molecule has 2 heterocycles. The van der Waals surface area contributed by atoms with Gasteiger partial charge in [0.25, 0.3) is 10.1 Å². The molecule has 12 heteroatoms. The lowest BCUT2D eigenvalue weighted by molar-refractivity contribution is 0.0728. The highest BCUT2D eigenvalue weighted by atomic mass is 32.2. The van der Waals surface area contributed by atoms with E-state index in [-0.39, 0.29) is 28.0 Å². The number of ether oxygens (including phenoxy) is 1. The molecule has 3 atom stereocenters. The van der Waals surface area contributed by atoms with Gasteiger partial charge in [0.15, 0.2) is 5.60 Å². The number of aromatic hydroxyl groups is 1. The van der Waals surface area contributed by atoms with Crippen LogP contribution in [-0.4, -0.2) is 65.7 Å². The minimum atomic E-state index is -4.40. The first-order chi connectivity index (χ1) is 22.9. The highest BCUT2D eigenvalue weighted by molar-refractivity contribution is 7.89. The molecular formula is C36H43N3O7S2. The Morgan fingerprint density at radius 1 is 0.875 bits per heavy atom. The van der Waals surface area contributed by atoms with Crippen molar-refractivity contribution in [3.63, 3.8) is 0 Å². The van der Waals surface area contributed by atoms with Gasteiger partial charge in [-0.05, 0) is 82.2 Å². The summed E-state index contributed by atoms with van der Waals surface area (Å²) < 4.78 is 70.3. The largest absolute Gasteiger partial charge is 0.508 e. The van der Waals surface area contributed by atoms with E-state index in [4.69, 9.17) is 8.92 Å². The molecule has 2 N–H and O–H groups in total. The molecule has 1 spiro atoms. The molecule has 2 aliphatic heterocycles. The third-order valence-electron chi connectivity index (χ3n) is 9.71. The fraction of sp³-hybridized carbons (Fsp3) is 0.389. The molecule has 0 bridgehead atoms. The van der Waals surface area contributed by atoms with E-state index < -0.39 is 31.8 Å². The lowest BCUT2D eigenvalue weighted by Crippen LogP contribution is -2.48. The molecule has 0 saturated heterocycles. The molecule has 0 fully saturated rings. The van der Waals surface area contributed by atoms with Gasteiger partial charge in [-0.1, -0.05) is 31.2 Å². The lowest BCUT2D eigenvalue weighted by atomic mass is 9.71. The summed E-state index contributed by atoms with van der Waals surface area (Å²) in [6.45, 7) is 13.7. The first-order valence-corrected chi connectivity index (χ1v) is 19.4. The molecular weight excluding hydrogens is 651 g/mol. The van der Waals surface area contributed by atoms with Crippen molar-refractivity contribution in [1.29, 1.82) is 0 Å². The fourth-order valence-corrected chi connectivity index (χ4v) is 9.76. The van der Waals surface area contributed by atoms with Crippen LogP contribution >= 0.6 is 0 Å². The van der Waals surface area contributed by atoms with Crippen LogP contribution in [0.15, 0.2) is 93.9 Å². The molecule has 3 aliphatic rings. The van der Waals surface area contributed by atoms with Crippen molar-refractivity contribution in [2.45, 2.75) is 62.5 Å². The van der Waals surface area contributed by atoms with Crippen LogP contribution in [-0.2, 0) is 36.3 Å². The van der Waals surface area contributed by atoms with Crippen LogP contribution in [0.3, 0.4) is 0 Å². The molecule has 1 aliphatic carbocycles. The average Bonchev–Trinajstić information content (AvgIpc) is 3.31. The topological polar surface area (TPSA) is 125 Å². The number of phenols is 1. The molecule has 3 aromatic carbocycles. The number of hydrogen-bond donors (Lipinski definition) is 2. The van der Waals surface area contributed by atoms with E-state index in [1.165, 1.54) is 24.3 Å². The number of allylic oxidation sites excluding steroid dienone is 2. The van der Waals surface area contributed by atoms with Gasteiger partial charge in [0.2, 0.25) is 10.0 Å². The number of phenolic OH excluding ortho intramolecular Hbond substituents is 1. The molecule has 0 radical (unpaired) electrons. The van der Waals surface area contributed by atoms with Crippen molar-refractivity contribution < 1.29 is 30.9 Å². The van der Waals surface area contributed by atoms with Crippen LogP contribution < -0.4 is 14.4 Å². The first kappa shape index (κ1) is 34.0. The third-order valence-corrected chi connectivity index (χ3v) is 12.5. The Balaban J connectivity index is 1.46. The highest BCUT2D eigenvalue weighted by Crippen LogP contribution is 2.59. The van der Waals surface area contributed by atoms with Crippen molar-refractivity contribution in [3.05, 3.63) is 101 Å². The monoisotopic (exact) mass is 693 g/mol.